The second-order valence-corrected chi connectivity index (χ2v) is 6.55. The molecule has 0 saturated carbocycles. The first-order chi connectivity index (χ1) is 13.2. The minimum absolute atomic E-state index is 0.0440. The molecule has 0 N–H and O–H groups in total. The third-order valence-corrected chi connectivity index (χ3v) is 4.54. The van der Waals surface area contributed by atoms with Gasteiger partial charge in [0.15, 0.2) is 0 Å². The zero-order valence-electron chi connectivity index (χ0n) is 15.9. The summed E-state index contributed by atoms with van der Waals surface area (Å²) >= 11 is 6.15. The number of methoxy groups -OCH3 is 1. The van der Waals surface area contributed by atoms with Crippen molar-refractivity contribution in [1.82, 2.24) is 0 Å². The van der Waals surface area contributed by atoms with Gasteiger partial charge in [-0.05, 0) is 13.3 Å². The van der Waals surface area contributed by atoms with Crippen LogP contribution in [-0.2, 0) is 29.4 Å². The number of ether oxygens (including phenoxy) is 3. The Labute approximate surface area is 167 Å². The lowest BCUT2D eigenvalue weighted by atomic mass is 9.92. The molecule has 0 aliphatic heterocycles. The van der Waals surface area contributed by atoms with Gasteiger partial charge in [-0.3, -0.25) is 0 Å². The van der Waals surface area contributed by atoms with Gasteiger partial charge in [0.25, 0.3) is 5.60 Å². The van der Waals surface area contributed by atoms with Crippen LogP contribution < -0.4 is 0 Å². The van der Waals surface area contributed by atoms with E-state index in [9.17, 15) is 22.8 Å². The van der Waals surface area contributed by atoms with Crippen molar-refractivity contribution in [3.05, 3.63) is 35.9 Å². The first-order valence-electron chi connectivity index (χ1n) is 8.84. The van der Waals surface area contributed by atoms with Crippen molar-refractivity contribution in [3.8, 4) is 0 Å². The van der Waals surface area contributed by atoms with Crippen molar-refractivity contribution in [2.75, 3.05) is 13.7 Å². The number of rotatable bonds is 10. The van der Waals surface area contributed by atoms with Crippen molar-refractivity contribution in [2.24, 2.45) is 0 Å². The van der Waals surface area contributed by atoms with E-state index in [2.05, 4.69) is 4.74 Å². The van der Waals surface area contributed by atoms with Gasteiger partial charge in [0, 0.05) is 12.7 Å². The fourth-order valence-electron chi connectivity index (χ4n) is 2.63. The summed E-state index contributed by atoms with van der Waals surface area (Å²) in [5.74, 6) is -2.79. The van der Waals surface area contributed by atoms with E-state index < -0.39 is 40.8 Å². The zero-order chi connectivity index (χ0) is 21.4. The molecule has 28 heavy (non-hydrogen) atoms. The van der Waals surface area contributed by atoms with Crippen LogP contribution in [0.3, 0.4) is 0 Å². The molecule has 5 nitrogen and oxygen atoms in total. The van der Waals surface area contributed by atoms with E-state index in [1.54, 1.807) is 0 Å². The average molecular weight is 425 g/mol. The van der Waals surface area contributed by atoms with E-state index in [0.29, 0.717) is 6.42 Å². The van der Waals surface area contributed by atoms with Crippen LogP contribution in [0.4, 0.5) is 13.2 Å². The maximum atomic E-state index is 13.9. The first kappa shape index (κ1) is 24.2. The molecule has 158 valence electrons. The van der Waals surface area contributed by atoms with E-state index >= 15 is 0 Å². The summed E-state index contributed by atoms with van der Waals surface area (Å²) in [6.07, 6.45) is -5.26. The Bertz CT molecular complexity index is 638. The molecule has 0 radical (unpaired) electrons. The Morgan fingerprint density at radius 1 is 1.14 bits per heavy atom. The van der Waals surface area contributed by atoms with Crippen molar-refractivity contribution < 1.29 is 37.0 Å². The van der Waals surface area contributed by atoms with Gasteiger partial charge in [-0.1, -0.05) is 50.1 Å². The topological polar surface area (TPSA) is 61.8 Å². The Kier molecular flexibility index (Phi) is 9.23. The highest BCUT2D eigenvalue weighted by Crippen LogP contribution is 2.43. The van der Waals surface area contributed by atoms with Crippen molar-refractivity contribution in [1.29, 1.82) is 0 Å². The summed E-state index contributed by atoms with van der Waals surface area (Å²) in [5, 5.41) is -1.04. The molecule has 0 aliphatic carbocycles. The minimum atomic E-state index is -5.15. The Morgan fingerprint density at radius 3 is 2.21 bits per heavy atom. The highest BCUT2D eigenvalue weighted by Gasteiger charge is 2.64. The molecule has 0 fully saturated rings. The van der Waals surface area contributed by atoms with Crippen molar-refractivity contribution in [3.63, 3.8) is 0 Å². The normalized spacial score (nSPS) is 16.0. The van der Waals surface area contributed by atoms with Gasteiger partial charge in [-0.15, -0.1) is 11.6 Å². The molecule has 1 rings (SSSR count). The third kappa shape index (κ3) is 5.38. The second kappa shape index (κ2) is 10.7. The van der Waals surface area contributed by atoms with Gasteiger partial charge in [-0.2, -0.15) is 13.2 Å². The van der Waals surface area contributed by atoms with E-state index in [-0.39, 0.29) is 13.0 Å². The molecule has 0 aliphatic rings. The lowest BCUT2D eigenvalue weighted by Gasteiger charge is -2.34. The average Bonchev–Trinajstić information content (AvgIpc) is 2.65. The largest absolute Gasteiger partial charge is 0.463 e. The molecule has 0 heterocycles. The van der Waals surface area contributed by atoms with E-state index in [0.717, 1.165) is 25.7 Å². The quantitative estimate of drug-likeness (QED) is 0.412. The fourth-order valence-corrected chi connectivity index (χ4v) is 2.94. The molecule has 0 saturated heterocycles. The third-order valence-electron chi connectivity index (χ3n) is 4.09. The number of hydrogen-bond donors (Lipinski definition) is 0. The minimum Gasteiger partial charge on any atom is -0.463 e. The summed E-state index contributed by atoms with van der Waals surface area (Å²) in [5.41, 5.74) is -3.88. The summed E-state index contributed by atoms with van der Waals surface area (Å²) in [4.78, 5) is 24.9. The number of benzene rings is 1. The Hall–Kier alpha value is -1.80. The number of unbranched alkanes of at least 4 members (excludes halogenated alkanes) is 1. The van der Waals surface area contributed by atoms with Crippen LogP contribution in [0.5, 0.6) is 0 Å². The lowest BCUT2D eigenvalue weighted by Crippen LogP contribution is -2.54. The number of esters is 2. The number of carbonyl (C=O) groups excluding carboxylic acids is 2. The van der Waals surface area contributed by atoms with Crippen LogP contribution in [-0.4, -0.2) is 43.3 Å². The van der Waals surface area contributed by atoms with Gasteiger partial charge >= 0.3 is 18.1 Å². The van der Waals surface area contributed by atoms with Gasteiger partial charge in [-0.25, -0.2) is 9.59 Å². The molecular formula is C19H24ClF3O5. The monoisotopic (exact) mass is 424 g/mol. The number of alkyl halides is 4. The number of hydrogen-bond acceptors (Lipinski definition) is 5. The van der Waals surface area contributed by atoms with Gasteiger partial charge in [0.2, 0.25) is 6.10 Å². The SMILES string of the molecule is CCCC[C@@H](Cl)[C@@H](OC(=O)C(OC)(c1ccccc1)C(F)(F)F)C(=O)OCC. The van der Waals surface area contributed by atoms with Crippen molar-refractivity contribution >= 4 is 23.5 Å². The molecule has 0 spiro atoms. The molecule has 3 atom stereocenters. The summed E-state index contributed by atoms with van der Waals surface area (Å²) < 4.78 is 56.3. The molecule has 9 heteroatoms. The maximum Gasteiger partial charge on any atom is 0.432 e. The Morgan fingerprint density at radius 2 is 1.75 bits per heavy atom. The Balaban J connectivity index is 3.30. The number of halogens is 4. The summed E-state index contributed by atoms with van der Waals surface area (Å²) in [7, 11) is 0.746. The zero-order valence-corrected chi connectivity index (χ0v) is 16.7. The van der Waals surface area contributed by atoms with E-state index in [4.69, 9.17) is 21.1 Å². The predicted octanol–water partition coefficient (Wildman–Crippen LogP) is 4.36. The summed E-state index contributed by atoms with van der Waals surface area (Å²) in [6.45, 7) is 3.35. The van der Waals surface area contributed by atoms with Gasteiger partial charge in [0.1, 0.15) is 0 Å². The maximum absolute atomic E-state index is 13.9. The van der Waals surface area contributed by atoms with Gasteiger partial charge < -0.3 is 14.2 Å². The smallest absolute Gasteiger partial charge is 0.432 e. The van der Waals surface area contributed by atoms with E-state index in [1.165, 1.54) is 25.1 Å². The summed E-state index contributed by atoms with van der Waals surface area (Å²) in [6, 6.07) is 6.33. The number of carbonyl (C=O) groups is 2. The highest BCUT2D eigenvalue weighted by molar-refractivity contribution is 6.22. The van der Waals surface area contributed by atoms with Crippen LogP contribution >= 0.6 is 11.6 Å². The second-order valence-electron chi connectivity index (χ2n) is 5.99. The van der Waals surface area contributed by atoms with E-state index in [1.807, 2.05) is 6.92 Å². The molecule has 0 amide bonds. The van der Waals surface area contributed by atoms with Crippen LogP contribution in [0.2, 0.25) is 0 Å². The molecule has 0 aromatic heterocycles. The van der Waals surface area contributed by atoms with Crippen LogP contribution in [0.25, 0.3) is 0 Å². The van der Waals surface area contributed by atoms with Crippen LogP contribution in [0.15, 0.2) is 30.3 Å². The highest BCUT2D eigenvalue weighted by atomic mass is 35.5. The standard InChI is InChI=1S/C19H24ClF3O5/c1-4-6-12-14(20)15(16(24)27-5-2)28-17(25)18(26-3,19(21,22)23)13-10-8-7-9-11-13/h7-11,14-15H,4-6,12H2,1-3H3/t14-,15-,18?/m1/s1. The van der Waals surface area contributed by atoms with Crippen molar-refractivity contribution in [2.45, 2.75) is 56.4 Å². The molecular weight excluding hydrogens is 401 g/mol. The predicted molar refractivity (Wildman–Crippen MR) is 96.9 cm³/mol. The van der Waals surface area contributed by atoms with Crippen LogP contribution in [0, 0.1) is 0 Å². The molecule has 1 aromatic carbocycles. The van der Waals surface area contributed by atoms with Gasteiger partial charge in [0.05, 0.1) is 12.0 Å². The fraction of sp³-hybridized carbons (Fsp3) is 0.579. The van der Waals surface area contributed by atoms with Crippen LogP contribution in [0.1, 0.15) is 38.7 Å². The lowest BCUT2D eigenvalue weighted by molar-refractivity contribution is -0.278. The first-order valence-corrected chi connectivity index (χ1v) is 9.28. The molecule has 0 bridgehead atoms. The molecule has 1 aromatic rings. The molecule has 1 unspecified atom stereocenters.